The van der Waals surface area contributed by atoms with E-state index >= 15 is 0 Å². The van der Waals surface area contributed by atoms with Crippen LogP contribution in [0.25, 0.3) is 6.08 Å². The van der Waals surface area contributed by atoms with E-state index in [9.17, 15) is 18.8 Å². The summed E-state index contributed by atoms with van der Waals surface area (Å²) in [5.41, 5.74) is 0.975. The fourth-order valence-electron chi connectivity index (χ4n) is 3.11. The van der Waals surface area contributed by atoms with Crippen molar-refractivity contribution < 1.29 is 32.7 Å². The van der Waals surface area contributed by atoms with Crippen LogP contribution in [0.2, 0.25) is 0 Å². The molecule has 0 radical (unpaired) electrons. The van der Waals surface area contributed by atoms with Gasteiger partial charge in [0.2, 0.25) is 5.76 Å². The van der Waals surface area contributed by atoms with Crippen LogP contribution in [-0.2, 0) is 22.7 Å². The van der Waals surface area contributed by atoms with Crippen LogP contribution in [0.5, 0.6) is 5.75 Å². The molecule has 9 heteroatoms. The second-order valence-electron chi connectivity index (χ2n) is 6.94. The van der Waals surface area contributed by atoms with Gasteiger partial charge in [-0.25, -0.2) is 9.18 Å². The first-order valence-electron chi connectivity index (χ1n) is 9.84. The highest BCUT2D eigenvalue weighted by molar-refractivity contribution is 8.18. The number of methoxy groups -OCH3 is 1. The average molecular weight is 467 g/mol. The SMILES string of the molecule is COC(=O)c1ccc(CN2C(=O)S/C(=C/c3ccccc3OCc3ccccc3F)C2=O)o1. The largest absolute Gasteiger partial charge is 0.488 e. The van der Waals surface area contributed by atoms with Gasteiger partial charge in [0.05, 0.1) is 18.6 Å². The Hall–Kier alpha value is -3.85. The molecule has 0 N–H and O–H groups in total. The van der Waals surface area contributed by atoms with E-state index in [1.165, 1.54) is 25.3 Å². The monoisotopic (exact) mass is 467 g/mol. The van der Waals surface area contributed by atoms with E-state index in [4.69, 9.17) is 9.15 Å². The van der Waals surface area contributed by atoms with Crippen molar-refractivity contribution in [1.29, 1.82) is 0 Å². The van der Waals surface area contributed by atoms with Gasteiger partial charge in [0, 0.05) is 11.1 Å². The third-order valence-corrected chi connectivity index (χ3v) is 5.69. The Kier molecular flexibility index (Phi) is 6.60. The standard InChI is InChI=1S/C24H18FNO6S/c1-30-23(28)20-11-10-17(32-20)13-26-22(27)21(33-24(26)29)12-15-6-3-5-9-19(15)31-14-16-7-2-4-8-18(16)25/h2-12H,13-14H2,1H3/b21-12+. The molecule has 0 spiro atoms. The average Bonchev–Trinajstić information content (AvgIpc) is 3.39. The maximum absolute atomic E-state index is 13.9. The van der Waals surface area contributed by atoms with Crippen LogP contribution in [0.1, 0.15) is 27.4 Å². The number of para-hydroxylation sites is 1. The van der Waals surface area contributed by atoms with Crippen LogP contribution in [0.4, 0.5) is 9.18 Å². The number of rotatable bonds is 7. The van der Waals surface area contributed by atoms with Gasteiger partial charge in [-0.15, -0.1) is 0 Å². The van der Waals surface area contributed by atoms with Gasteiger partial charge in [0.1, 0.15) is 23.9 Å². The number of thioether (sulfide) groups is 1. The number of benzene rings is 2. The van der Waals surface area contributed by atoms with Crippen molar-refractivity contribution >= 4 is 35.0 Å². The number of hydrogen-bond acceptors (Lipinski definition) is 7. The molecule has 2 amide bonds. The van der Waals surface area contributed by atoms with Crippen LogP contribution in [-0.4, -0.2) is 29.1 Å². The normalized spacial score (nSPS) is 14.7. The first-order chi connectivity index (χ1) is 16.0. The Labute approximate surface area is 192 Å². The van der Waals surface area contributed by atoms with Crippen molar-refractivity contribution in [2.45, 2.75) is 13.2 Å². The molecule has 0 saturated carbocycles. The lowest BCUT2D eigenvalue weighted by Crippen LogP contribution is -2.27. The molecular formula is C24H18FNO6S. The molecular weight excluding hydrogens is 449 g/mol. The van der Waals surface area contributed by atoms with E-state index in [2.05, 4.69) is 4.74 Å². The van der Waals surface area contributed by atoms with Gasteiger partial charge in [-0.3, -0.25) is 14.5 Å². The van der Waals surface area contributed by atoms with Crippen molar-refractivity contribution in [2.24, 2.45) is 0 Å². The minimum atomic E-state index is -0.651. The summed E-state index contributed by atoms with van der Waals surface area (Å²) in [5.74, 6) is -0.818. The van der Waals surface area contributed by atoms with E-state index in [0.717, 1.165) is 16.7 Å². The summed E-state index contributed by atoms with van der Waals surface area (Å²) in [4.78, 5) is 38.1. The van der Waals surface area contributed by atoms with Crippen LogP contribution in [0, 0.1) is 5.82 Å². The van der Waals surface area contributed by atoms with Gasteiger partial charge >= 0.3 is 5.97 Å². The summed E-state index contributed by atoms with van der Waals surface area (Å²) < 4.78 is 29.6. The van der Waals surface area contributed by atoms with E-state index in [0.29, 0.717) is 16.9 Å². The highest BCUT2D eigenvalue weighted by Crippen LogP contribution is 2.35. The van der Waals surface area contributed by atoms with E-state index in [1.54, 1.807) is 48.5 Å². The number of nitrogens with zero attached hydrogens (tertiary/aromatic N) is 1. The molecule has 0 unspecified atom stereocenters. The summed E-state index contributed by atoms with van der Waals surface area (Å²) >= 11 is 0.789. The zero-order chi connectivity index (χ0) is 23.4. The topological polar surface area (TPSA) is 86.0 Å². The van der Waals surface area contributed by atoms with Crippen molar-refractivity contribution in [2.75, 3.05) is 7.11 Å². The molecule has 2 heterocycles. The quantitative estimate of drug-likeness (QED) is 0.356. The number of carbonyl (C=O) groups is 3. The number of ether oxygens (including phenoxy) is 2. The Morgan fingerprint density at radius 1 is 1.09 bits per heavy atom. The number of imide groups is 1. The van der Waals surface area contributed by atoms with Crippen LogP contribution in [0.3, 0.4) is 0 Å². The van der Waals surface area contributed by atoms with Gasteiger partial charge in [-0.05, 0) is 42.1 Å². The van der Waals surface area contributed by atoms with Crippen molar-refractivity contribution in [3.05, 3.63) is 94.0 Å². The van der Waals surface area contributed by atoms with E-state index in [-0.39, 0.29) is 35.4 Å². The zero-order valence-electron chi connectivity index (χ0n) is 17.4. The number of halogens is 1. The molecule has 1 fully saturated rings. The summed E-state index contributed by atoms with van der Waals surface area (Å²) in [7, 11) is 1.23. The molecule has 1 aromatic heterocycles. The minimum absolute atomic E-state index is 0.0139. The molecule has 7 nitrogen and oxygen atoms in total. The Balaban J connectivity index is 1.50. The van der Waals surface area contributed by atoms with Gasteiger partial charge < -0.3 is 13.9 Å². The Morgan fingerprint density at radius 2 is 1.85 bits per heavy atom. The van der Waals surface area contributed by atoms with Crippen molar-refractivity contribution in [3.8, 4) is 5.75 Å². The third kappa shape index (κ3) is 4.98. The Bertz CT molecular complexity index is 1250. The van der Waals surface area contributed by atoms with Crippen molar-refractivity contribution in [1.82, 2.24) is 4.90 Å². The van der Waals surface area contributed by atoms with Crippen LogP contribution >= 0.6 is 11.8 Å². The number of hydrogen-bond donors (Lipinski definition) is 0. The van der Waals surface area contributed by atoms with Gasteiger partial charge in [-0.2, -0.15) is 0 Å². The smallest absolute Gasteiger partial charge is 0.373 e. The number of furan rings is 1. The second kappa shape index (κ2) is 9.74. The summed E-state index contributed by atoms with van der Waals surface area (Å²) in [6, 6.07) is 16.2. The molecule has 33 heavy (non-hydrogen) atoms. The summed E-state index contributed by atoms with van der Waals surface area (Å²) in [6.45, 7) is -0.107. The molecule has 4 rings (SSSR count). The summed E-state index contributed by atoms with van der Waals surface area (Å²) in [5, 5.41) is -0.466. The molecule has 0 atom stereocenters. The number of carbonyl (C=O) groups excluding carboxylic acids is 3. The Morgan fingerprint density at radius 3 is 2.64 bits per heavy atom. The molecule has 1 aliphatic heterocycles. The summed E-state index contributed by atoms with van der Waals surface area (Å²) in [6.07, 6.45) is 1.56. The van der Waals surface area contributed by atoms with Crippen LogP contribution in [0.15, 0.2) is 70.0 Å². The third-order valence-electron chi connectivity index (χ3n) is 4.78. The highest BCUT2D eigenvalue weighted by Gasteiger charge is 2.36. The van der Waals surface area contributed by atoms with Crippen molar-refractivity contribution in [3.63, 3.8) is 0 Å². The molecule has 0 aliphatic carbocycles. The molecule has 0 bridgehead atoms. The second-order valence-corrected chi connectivity index (χ2v) is 7.94. The zero-order valence-corrected chi connectivity index (χ0v) is 18.3. The van der Waals surface area contributed by atoms with Gasteiger partial charge in [0.15, 0.2) is 0 Å². The fraction of sp³-hybridized carbons (Fsp3) is 0.125. The maximum Gasteiger partial charge on any atom is 0.373 e. The number of esters is 1. The molecule has 3 aromatic rings. The molecule has 2 aromatic carbocycles. The number of amides is 2. The fourth-order valence-corrected chi connectivity index (χ4v) is 3.94. The van der Waals surface area contributed by atoms with E-state index in [1.807, 2.05) is 0 Å². The maximum atomic E-state index is 13.9. The predicted octanol–water partition coefficient (Wildman–Crippen LogP) is 5.02. The van der Waals surface area contributed by atoms with Crippen LogP contribution < -0.4 is 4.74 Å². The molecule has 1 aliphatic rings. The lowest BCUT2D eigenvalue weighted by atomic mass is 10.1. The first kappa shape index (κ1) is 22.3. The highest BCUT2D eigenvalue weighted by atomic mass is 32.2. The van der Waals surface area contributed by atoms with Gasteiger partial charge in [0.25, 0.3) is 11.1 Å². The lowest BCUT2D eigenvalue weighted by molar-refractivity contribution is -0.123. The molecule has 1 saturated heterocycles. The van der Waals surface area contributed by atoms with E-state index < -0.39 is 17.1 Å². The lowest BCUT2D eigenvalue weighted by Gasteiger charge is -2.11. The molecule has 168 valence electrons. The predicted molar refractivity (Wildman–Crippen MR) is 119 cm³/mol. The first-order valence-corrected chi connectivity index (χ1v) is 10.7. The minimum Gasteiger partial charge on any atom is -0.488 e. The van der Waals surface area contributed by atoms with Gasteiger partial charge in [-0.1, -0.05) is 36.4 Å².